The topological polar surface area (TPSA) is 33.1 Å². The van der Waals surface area contributed by atoms with Crippen LogP contribution in [0.3, 0.4) is 0 Å². The molecular formula is C15H13NOS. The smallest absolute Gasteiger partial charge is 0.0905 e. The van der Waals surface area contributed by atoms with E-state index in [1.807, 2.05) is 19.1 Å². The monoisotopic (exact) mass is 255 g/mol. The number of hydrogen-bond donors (Lipinski definition) is 1. The van der Waals surface area contributed by atoms with Gasteiger partial charge in [-0.05, 0) is 23.8 Å². The van der Waals surface area contributed by atoms with Gasteiger partial charge >= 0.3 is 0 Å². The molecule has 2 aromatic carbocycles. The molecule has 0 saturated carbocycles. The van der Waals surface area contributed by atoms with Crippen molar-refractivity contribution in [2.75, 3.05) is 0 Å². The van der Waals surface area contributed by atoms with Gasteiger partial charge < -0.3 is 5.11 Å². The standard InChI is InChI=1S/C15H13NOS/c1-10-16-15(14(9-17)18-10)13-7-6-11-4-2-3-5-12(11)8-13/h2-8,17H,9H2,1H3. The lowest BCUT2D eigenvalue weighted by Crippen LogP contribution is -1.85. The lowest BCUT2D eigenvalue weighted by atomic mass is 10.0. The molecule has 3 heteroatoms. The van der Waals surface area contributed by atoms with E-state index in [-0.39, 0.29) is 6.61 Å². The number of thiazole rings is 1. The first-order chi connectivity index (χ1) is 8.78. The number of fused-ring (bicyclic) bond motifs is 1. The molecule has 0 aliphatic heterocycles. The highest BCUT2D eigenvalue weighted by molar-refractivity contribution is 7.12. The molecule has 0 aliphatic carbocycles. The second-order valence-electron chi connectivity index (χ2n) is 4.22. The van der Waals surface area contributed by atoms with Crippen LogP contribution in [0.1, 0.15) is 9.88 Å². The van der Waals surface area contributed by atoms with Gasteiger partial charge in [0.25, 0.3) is 0 Å². The second kappa shape index (κ2) is 4.52. The minimum absolute atomic E-state index is 0.0493. The maximum Gasteiger partial charge on any atom is 0.0905 e. The molecule has 0 bridgehead atoms. The van der Waals surface area contributed by atoms with Gasteiger partial charge in [0.15, 0.2) is 0 Å². The van der Waals surface area contributed by atoms with E-state index in [0.29, 0.717) is 0 Å². The van der Waals surface area contributed by atoms with Crippen LogP contribution in [-0.4, -0.2) is 10.1 Å². The normalized spacial score (nSPS) is 11.0. The minimum Gasteiger partial charge on any atom is -0.391 e. The number of rotatable bonds is 2. The van der Waals surface area contributed by atoms with Crippen LogP contribution >= 0.6 is 11.3 Å². The molecule has 0 radical (unpaired) electrons. The van der Waals surface area contributed by atoms with E-state index in [0.717, 1.165) is 21.1 Å². The molecule has 1 heterocycles. The summed E-state index contributed by atoms with van der Waals surface area (Å²) in [6.07, 6.45) is 0. The third-order valence-electron chi connectivity index (χ3n) is 2.97. The van der Waals surface area contributed by atoms with Gasteiger partial charge in [0.05, 0.1) is 22.2 Å². The summed E-state index contributed by atoms with van der Waals surface area (Å²) < 4.78 is 0. The van der Waals surface area contributed by atoms with E-state index in [4.69, 9.17) is 0 Å². The molecule has 3 rings (SSSR count). The molecule has 0 atom stereocenters. The average molecular weight is 255 g/mol. The predicted molar refractivity (Wildman–Crippen MR) is 75.7 cm³/mol. The number of aliphatic hydroxyl groups excluding tert-OH is 1. The van der Waals surface area contributed by atoms with Gasteiger partial charge in [0, 0.05) is 5.56 Å². The summed E-state index contributed by atoms with van der Waals surface area (Å²) in [6.45, 7) is 2.02. The van der Waals surface area contributed by atoms with E-state index in [1.54, 1.807) is 11.3 Å². The van der Waals surface area contributed by atoms with Gasteiger partial charge in [0.1, 0.15) is 0 Å². The van der Waals surface area contributed by atoms with Crippen LogP contribution in [0.15, 0.2) is 42.5 Å². The maximum absolute atomic E-state index is 9.38. The molecule has 2 nitrogen and oxygen atoms in total. The van der Waals surface area contributed by atoms with Gasteiger partial charge in [-0.15, -0.1) is 11.3 Å². The van der Waals surface area contributed by atoms with Crippen LogP contribution < -0.4 is 0 Å². The third-order valence-corrected chi connectivity index (χ3v) is 3.93. The van der Waals surface area contributed by atoms with E-state index in [2.05, 4.69) is 35.3 Å². The number of nitrogens with zero attached hydrogens (tertiary/aromatic N) is 1. The maximum atomic E-state index is 9.38. The van der Waals surface area contributed by atoms with Gasteiger partial charge in [0.2, 0.25) is 0 Å². The number of aryl methyl sites for hydroxylation is 1. The summed E-state index contributed by atoms with van der Waals surface area (Å²) in [7, 11) is 0. The fourth-order valence-corrected chi connectivity index (χ4v) is 2.96. The molecule has 0 fully saturated rings. The molecule has 0 saturated heterocycles. The van der Waals surface area contributed by atoms with Crippen molar-refractivity contribution in [3.63, 3.8) is 0 Å². The minimum atomic E-state index is 0.0493. The van der Waals surface area contributed by atoms with Crippen molar-refractivity contribution >= 4 is 22.1 Å². The molecule has 3 aromatic rings. The Morgan fingerprint density at radius 2 is 1.89 bits per heavy atom. The van der Waals surface area contributed by atoms with Crippen LogP contribution in [0.25, 0.3) is 22.0 Å². The van der Waals surface area contributed by atoms with Gasteiger partial charge in [-0.25, -0.2) is 4.98 Å². The van der Waals surface area contributed by atoms with Crippen LogP contribution in [-0.2, 0) is 6.61 Å². The fraction of sp³-hybridized carbons (Fsp3) is 0.133. The number of aliphatic hydroxyl groups is 1. The quantitative estimate of drug-likeness (QED) is 0.756. The summed E-state index contributed by atoms with van der Waals surface area (Å²) in [5, 5.41) is 12.8. The molecule has 1 aromatic heterocycles. The molecule has 0 unspecified atom stereocenters. The van der Waals surface area contributed by atoms with Crippen molar-refractivity contribution in [2.24, 2.45) is 0 Å². The Balaban J connectivity index is 2.18. The zero-order valence-corrected chi connectivity index (χ0v) is 10.9. The van der Waals surface area contributed by atoms with E-state index < -0.39 is 0 Å². The SMILES string of the molecule is Cc1nc(-c2ccc3ccccc3c2)c(CO)s1. The van der Waals surface area contributed by atoms with Crippen LogP contribution in [0, 0.1) is 6.92 Å². The van der Waals surface area contributed by atoms with Crippen molar-refractivity contribution in [2.45, 2.75) is 13.5 Å². The third kappa shape index (κ3) is 1.92. The lowest BCUT2D eigenvalue weighted by molar-refractivity contribution is 0.286. The fourth-order valence-electron chi connectivity index (χ4n) is 2.14. The first-order valence-corrected chi connectivity index (χ1v) is 6.66. The van der Waals surface area contributed by atoms with E-state index >= 15 is 0 Å². The van der Waals surface area contributed by atoms with Gasteiger partial charge in [-0.2, -0.15) is 0 Å². The number of aromatic nitrogens is 1. The summed E-state index contributed by atoms with van der Waals surface area (Å²) >= 11 is 1.55. The van der Waals surface area contributed by atoms with Crippen molar-refractivity contribution in [1.29, 1.82) is 0 Å². The summed E-state index contributed by atoms with van der Waals surface area (Å²) in [4.78, 5) is 5.45. The first kappa shape index (κ1) is 11.4. The van der Waals surface area contributed by atoms with Crippen molar-refractivity contribution in [3.05, 3.63) is 52.3 Å². The highest BCUT2D eigenvalue weighted by Crippen LogP contribution is 2.30. The Labute approximate surface area is 110 Å². The Morgan fingerprint density at radius 1 is 1.11 bits per heavy atom. The highest BCUT2D eigenvalue weighted by Gasteiger charge is 2.10. The first-order valence-electron chi connectivity index (χ1n) is 5.84. The van der Waals surface area contributed by atoms with Gasteiger partial charge in [-0.1, -0.05) is 36.4 Å². The summed E-state index contributed by atoms with van der Waals surface area (Å²) in [5.41, 5.74) is 1.98. The Hall–Kier alpha value is -1.71. The largest absolute Gasteiger partial charge is 0.391 e. The Kier molecular flexibility index (Phi) is 2.86. The molecule has 0 aliphatic rings. The summed E-state index contributed by atoms with van der Waals surface area (Å²) in [5.74, 6) is 0. The molecule has 0 spiro atoms. The number of hydrogen-bond acceptors (Lipinski definition) is 3. The van der Waals surface area contributed by atoms with Crippen LogP contribution in [0.2, 0.25) is 0 Å². The molecule has 0 amide bonds. The van der Waals surface area contributed by atoms with Crippen molar-refractivity contribution in [3.8, 4) is 11.3 Å². The lowest BCUT2D eigenvalue weighted by Gasteiger charge is -2.03. The predicted octanol–water partition coefficient (Wildman–Crippen LogP) is 3.76. The van der Waals surface area contributed by atoms with Crippen molar-refractivity contribution in [1.82, 2.24) is 4.98 Å². The highest BCUT2D eigenvalue weighted by atomic mass is 32.1. The Morgan fingerprint density at radius 3 is 2.67 bits per heavy atom. The molecule has 1 N–H and O–H groups in total. The second-order valence-corrected chi connectivity index (χ2v) is 5.51. The zero-order valence-electron chi connectivity index (χ0n) is 10.1. The molecule has 90 valence electrons. The zero-order chi connectivity index (χ0) is 12.5. The van der Waals surface area contributed by atoms with E-state index in [9.17, 15) is 5.11 Å². The Bertz CT molecular complexity index is 703. The van der Waals surface area contributed by atoms with Crippen molar-refractivity contribution < 1.29 is 5.11 Å². The summed E-state index contributed by atoms with van der Waals surface area (Å²) in [6, 6.07) is 14.5. The number of benzene rings is 2. The van der Waals surface area contributed by atoms with Crippen LogP contribution in [0.4, 0.5) is 0 Å². The average Bonchev–Trinajstić information content (AvgIpc) is 2.79. The van der Waals surface area contributed by atoms with Crippen LogP contribution in [0.5, 0.6) is 0 Å². The van der Waals surface area contributed by atoms with Gasteiger partial charge in [-0.3, -0.25) is 0 Å². The van der Waals surface area contributed by atoms with E-state index in [1.165, 1.54) is 10.8 Å². The molecule has 18 heavy (non-hydrogen) atoms. The molecular weight excluding hydrogens is 242 g/mol.